The quantitative estimate of drug-likeness (QED) is 0.737. The second-order valence-corrected chi connectivity index (χ2v) is 4.02. The number of likely N-dealkylation sites (tertiary alicyclic amines) is 1. The van der Waals surface area contributed by atoms with E-state index in [1.807, 2.05) is 6.92 Å². The van der Waals surface area contributed by atoms with Crippen molar-refractivity contribution in [1.29, 1.82) is 0 Å². The van der Waals surface area contributed by atoms with Gasteiger partial charge < -0.3 is 10.0 Å². The standard InChI is InChI=1S/C10H17NO3/c1-7(3-6-10(13)14)8-4-5-9(12)11(8)2/h7-8H,3-6H2,1-2H3,(H,13,14). The first kappa shape index (κ1) is 11.0. The molecule has 0 aliphatic carbocycles. The van der Waals surface area contributed by atoms with E-state index in [0.29, 0.717) is 12.8 Å². The van der Waals surface area contributed by atoms with Crippen LogP contribution >= 0.6 is 0 Å². The van der Waals surface area contributed by atoms with Crippen molar-refractivity contribution in [3.05, 3.63) is 0 Å². The fourth-order valence-electron chi connectivity index (χ4n) is 2.04. The summed E-state index contributed by atoms with van der Waals surface area (Å²) in [7, 11) is 1.80. The summed E-state index contributed by atoms with van der Waals surface area (Å²) in [5, 5.41) is 8.54. The van der Waals surface area contributed by atoms with Crippen LogP contribution in [0.25, 0.3) is 0 Å². The van der Waals surface area contributed by atoms with Gasteiger partial charge in [-0.15, -0.1) is 0 Å². The molecular formula is C10H17NO3. The summed E-state index contributed by atoms with van der Waals surface area (Å²) in [6.07, 6.45) is 2.33. The molecule has 14 heavy (non-hydrogen) atoms. The van der Waals surface area contributed by atoms with Gasteiger partial charge in [-0.1, -0.05) is 6.92 Å². The molecule has 2 unspecified atom stereocenters. The largest absolute Gasteiger partial charge is 0.481 e. The maximum atomic E-state index is 11.2. The molecule has 80 valence electrons. The topological polar surface area (TPSA) is 57.6 Å². The number of hydrogen-bond acceptors (Lipinski definition) is 2. The van der Waals surface area contributed by atoms with Gasteiger partial charge in [-0.2, -0.15) is 0 Å². The number of amides is 1. The lowest BCUT2D eigenvalue weighted by molar-refractivity contribution is -0.137. The molecule has 0 bridgehead atoms. The summed E-state index contributed by atoms with van der Waals surface area (Å²) in [6, 6.07) is 0.238. The van der Waals surface area contributed by atoms with Crippen LogP contribution in [0.1, 0.15) is 32.6 Å². The molecule has 0 saturated carbocycles. The van der Waals surface area contributed by atoms with Crippen LogP contribution in [0.4, 0.5) is 0 Å². The first-order valence-electron chi connectivity index (χ1n) is 5.00. The van der Waals surface area contributed by atoms with E-state index in [2.05, 4.69) is 0 Å². The molecule has 0 radical (unpaired) electrons. The van der Waals surface area contributed by atoms with Gasteiger partial charge in [-0.3, -0.25) is 9.59 Å². The number of hydrogen-bond donors (Lipinski definition) is 1. The van der Waals surface area contributed by atoms with Crippen LogP contribution < -0.4 is 0 Å². The summed E-state index contributed by atoms with van der Waals surface area (Å²) in [6.45, 7) is 2.02. The van der Waals surface area contributed by atoms with Gasteiger partial charge in [0.1, 0.15) is 0 Å². The SMILES string of the molecule is CC(CCC(=O)O)C1CCC(=O)N1C. The van der Waals surface area contributed by atoms with Gasteiger partial charge in [-0.25, -0.2) is 0 Å². The van der Waals surface area contributed by atoms with E-state index in [4.69, 9.17) is 5.11 Å². The van der Waals surface area contributed by atoms with Crippen molar-refractivity contribution in [2.24, 2.45) is 5.92 Å². The zero-order valence-electron chi connectivity index (χ0n) is 8.69. The molecule has 0 aromatic carbocycles. The van der Waals surface area contributed by atoms with Gasteiger partial charge in [0.25, 0.3) is 0 Å². The van der Waals surface area contributed by atoms with Crippen molar-refractivity contribution in [2.45, 2.75) is 38.6 Å². The molecule has 4 heteroatoms. The predicted octanol–water partition coefficient (Wildman–Crippen LogP) is 1.11. The predicted molar refractivity (Wildman–Crippen MR) is 51.8 cm³/mol. The van der Waals surface area contributed by atoms with E-state index >= 15 is 0 Å². The highest BCUT2D eigenvalue weighted by Gasteiger charge is 2.31. The number of carboxylic acid groups (broad SMARTS) is 1. The highest BCUT2D eigenvalue weighted by molar-refractivity contribution is 5.78. The second kappa shape index (κ2) is 4.44. The second-order valence-electron chi connectivity index (χ2n) is 4.02. The normalized spacial score (nSPS) is 24.0. The van der Waals surface area contributed by atoms with Gasteiger partial charge in [0.15, 0.2) is 0 Å². The van der Waals surface area contributed by atoms with E-state index in [-0.39, 0.29) is 24.3 Å². The Morgan fingerprint density at radius 2 is 2.36 bits per heavy atom. The third-order valence-corrected chi connectivity index (χ3v) is 3.02. The smallest absolute Gasteiger partial charge is 0.303 e. The molecule has 1 aliphatic rings. The van der Waals surface area contributed by atoms with E-state index in [1.165, 1.54) is 0 Å². The average Bonchev–Trinajstić information content (AvgIpc) is 2.44. The zero-order chi connectivity index (χ0) is 10.7. The molecule has 1 saturated heterocycles. The van der Waals surface area contributed by atoms with Gasteiger partial charge >= 0.3 is 5.97 Å². The Kier molecular flexibility index (Phi) is 3.49. The van der Waals surface area contributed by atoms with Crippen molar-refractivity contribution >= 4 is 11.9 Å². The lowest BCUT2D eigenvalue weighted by Crippen LogP contribution is -2.33. The molecule has 4 nitrogen and oxygen atoms in total. The lowest BCUT2D eigenvalue weighted by atomic mass is 9.95. The van der Waals surface area contributed by atoms with Crippen molar-refractivity contribution < 1.29 is 14.7 Å². The first-order valence-corrected chi connectivity index (χ1v) is 5.00. The molecule has 1 aliphatic heterocycles. The van der Waals surface area contributed by atoms with E-state index in [9.17, 15) is 9.59 Å². The lowest BCUT2D eigenvalue weighted by Gasteiger charge is -2.25. The Hall–Kier alpha value is -1.06. The Balaban J connectivity index is 2.41. The monoisotopic (exact) mass is 199 g/mol. The molecular weight excluding hydrogens is 182 g/mol. The highest BCUT2D eigenvalue weighted by Crippen LogP contribution is 2.25. The van der Waals surface area contributed by atoms with E-state index in [0.717, 1.165) is 6.42 Å². The maximum absolute atomic E-state index is 11.2. The van der Waals surface area contributed by atoms with Crippen LogP contribution in [0, 0.1) is 5.92 Å². The Bertz CT molecular complexity index is 240. The molecule has 1 heterocycles. The van der Waals surface area contributed by atoms with Crippen LogP contribution in [0.2, 0.25) is 0 Å². The van der Waals surface area contributed by atoms with Crippen LogP contribution in [0.15, 0.2) is 0 Å². The van der Waals surface area contributed by atoms with E-state index < -0.39 is 5.97 Å². The van der Waals surface area contributed by atoms with Crippen LogP contribution in [-0.2, 0) is 9.59 Å². The molecule has 0 aromatic heterocycles. The summed E-state index contributed by atoms with van der Waals surface area (Å²) in [5.74, 6) is -0.302. The summed E-state index contributed by atoms with van der Waals surface area (Å²) < 4.78 is 0. The number of carbonyl (C=O) groups excluding carboxylic acids is 1. The fourth-order valence-corrected chi connectivity index (χ4v) is 2.04. The third-order valence-electron chi connectivity index (χ3n) is 3.02. The molecule has 1 amide bonds. The minimum Gasteiger partial charge on any atom is -0.481 e. The van der Waals surface area contributed by atoms with Crippen molar-refractivity contribution in [3.63, 3.8) is 0 Å². The maximum Gasteiger partial charge on any atom is 0.303 e. The van der Waals surface area contributed by atoms with Crippen molar-refractivity contribution in [2.75, 3.05) is 7.05 Å². The van der Waals surface area contributed by atoms with Crippen LogP contribution in [-0.4, -0.2) is 35.0 Å². The summed E-state index contributed by atoms with van der Waals surface area (Å²) in [5.41, 5.74) is 0. The Labute approximate surface area is 83.9 Å². The summed E-state index contributed by atoms with van der Waals surface area (Å²) in [4.78, 5) is 23.4. The summed E-state index contributed by atoms with van der Waals surface area (Å²) >= 11 is 0. The highest BCUT2D eigenvalue weighted by atomic mass is 16.4. The van der Waals surface area contributed by atoms with Crippen LogP contribution in [0.3, 0.4) is 0 Å². The molecule has 0 spiro atoms. The van der Waals surface area contributed by atoms with Gasteiger partial charge in [0, 0.05) is 25.9 Å². The molecule has 1 rings (SSSR count). The number of carboxylic acids is 1. The Morgan fingerprint density at radius 3 is 2.79 bits per heavy atom. The first-order chi connectivity index (χ1) is 6.52. The number of rotatable bonds is 4. The minimum absolute atomic E-state index is 0.178. The molecule has 1 fully saturated rings. The minimum atomic E-state index is -0.760. The van der Waals surface area contributed by atoms with Crippen LogP contribution in [0.5, 0.6) is 0 Å². The van der Waals surface area contributed by atoms with E-state index in [1.54, 1.807) is 11.9 Å². The number of aliphatic carboxylic acids is 1. The third kappa shape index (κ3) is 2.47. The molecule has 1 N–H and O–H groups in total. The van der Waals surface area contributed by atoms with Gasteiger partial charge in [-0.05, 0) is 18.8 Å². The Morgan fingerprint density at radius 1 is 1.71 bits per heavy atom. The zero-order valence-corrected chi connectivity index (χ0v) is 8.69. The van der Waals surface area contributed by atoms with Crippen molar-refractivity contribution in [3.8, 4) is 0 Å². The average molecular weight is 199 g/mol. The van der Waals surface area contributed by atoms with Gasteiger partial charge in [0.2, 0.25) is 5.91 Å². The fraction of sp³-hybridized carbons (Fsp3) is 0.800. The molecule has 2 atom stereocenters. The van der Waals surface area contributed by atoms with Crippen molar-refractivity contribution in [1.82, 2.24) is 4.90 Å². The molecule has 0 aromatic rings. The van der Waals surface area contributed by atoms with Gasteiger partial charge in [0.05, 0.1) is 0 Å². The number of nitrogens with zero attached hydrogens (tertiary/aromatic N) is 1. The number of carbonyl (C=O) groups is 2.